The third kappa shape index (κ3) is 2.25. The highest BCUT2D eigenvalue weighted by Crippen LogP contribution is 2.24. The first-order chi connectivity index (χ1) is 8.52. The topological polar surface area (TPSA) is 87.5 Å². The number of rotatable bonds is 2. The van der Waals surface area contributed by atoms with Gasteiger partial charge in [-0.2, -0.15) is 5.10 Å². The van der Waals surface area contributed by atoms with E-state index in [1.54, 1.807) is 11.9 Å². The van der Waals surface area contributed by atoms with E-state index >= 15 is 0 Å². The summed E-state index contributed by atoms with van der Waals surface area (Å²) in [6.07, 6.45) is 1.51. The lowest BCUT2D eigenvalue weighted by molar-refractivity contribution is -0.138. The first-order valence-electron chi connectivity index (χ1n) is 5.44. The summed E-state index contributed by atoms with van der Waals surface area (Å²) >= 11 is 3.21. The highest BCUT2D eigenvalue weighted by molar-refractivity contribution is 9.10. The lowest BCUT2D eigenvalue weighted by atomic mass is 10.2. The highest BCUT2D eigenvalue weighted by Gasteiger charge is 2.30. The number of aryl methyl sites for hydroxylation is 1. The summed E-state index contributed by atoms with van der Waals surface area (Å²) in [5.41, 5.74) is 0.238. The van der Waals surface area contributed by atoms with Crippen LogP contribution in [0, 0.1) is 0 Å². The normalized spacial score (nSPS) is 19.9. The Morgan fingerprint density at radius 1 is 1.67 bits per heavy atom. The van der Waals surface area contributed by atoms with Crippen molar-refractivity contribution >= 4 is 27.6 Å². The van der Waals surface area contributed by atoms with Crippen molar-refractivity contribution < 1.29 is 9.90 Å². The van der Waals surface area contributed by atoms with Crippen molar-refractivity contribution in [2.75, 3.05) is 24.5 Å². The SMILES string of the molecule is Cn1ncc(N2CCNCC2C(=O)O)c(Br)c1=O. The van der Waals surface area contributed by atoms with Crippen LogP contribution < -0.4 is 15.8 Å². The number of anilines is 1. The molecule has 0 amide bonds. The second-order valence-electron chi connectivity index (χ2n) is 4.02. The zero-order chi connectivity index (χ0) is 13.3. The number of nitrogens with one attached hydrogen (secondary N) is 1. The number of carboxylic acid groups (broad SMARTS) is 1. The molecule has 1 aromatic heterocycles. The third-order valence-corrected chi connectivity index (χ3v) is 3.64. The Hall–Kier alpha value is -1.41. The fraction of sp³-hybridized carbons (Fsp3) is 0.500. The molecule has 1 aliphatic rings. The van der Waals surface area contributed by atoms with Crippen LogP contribution in [0.4, 0.5) is 5.69 Å². The van der Waals surface area contributed by atoms with Crippen LogP contribution in [-0.4, -0.2) is 46.5 Å². The predicted octanol–water partition coefficient (Wildman–Crippen LogP) is -0.594. The standard InChI is InChI=1S/C10H13BrN4O3/c1-14-9(16)8(11)6(5-13-14)15-3-2-12-4-7(15)10(17)18/h5,7,12H,2-4H2,1H3,(H,17,18). The van der Waals surface area contributed by atoms with E-state index in [0.29, 0.717) is 29.8 Å². The number of hydrogen-bond donors (Lipinski definition) is 2. The van der Waals surface area contributed by atoms with Gasteiger partial charge in [-0.3, -0.25) is 4.79 Å². The molecule has 1 aliphatic heterocycles. The van der Waals surface area contributed by atoms with Crippen LogP contribution in [0.2, 0.25) is 0 Å². The van der Waals surface area contributed by atoms with Crippen LogP contribution in [0.15, 0.2) is 15.5 Å². The van der Waals surface area contributed by atoms with Gasteiger partial charge in [0.05, 0.1) is 11.9 Å². The Morgan fingerprint density at radius 2 is 2.39 bits per heavy atom. The summed E-state index contributed by atoms with van der Waals surface area (Å²) in [5.74, 6) is -0.922. The van der Waals surface area contributed by atoms with Gasteiger partial charge in [0.1, 0.15) is 10.5 Å². The maximum absolute atomic E-state index is 11.8. The molecule has 8 heteroatoms. The zero-order valence-corrected chi connectivity index (χ0v) is 11.3. The van der Waals surface area contributed by atoms with Gasteiger partial charge in [0.25, 0.3) is 5.56 Å². The molecule has 0 aromatic carbocycles. The van der Waals surface area contributed by atoms with Gasteiger partial charge < -0.3 is 15.3 Å². The summed E-state index contributed by atoms with van der Waals surface area (Å²) in [6, 6.07) is -0.691. The van der Waals surface area contributed by atoms with Gasteiger partial charge in [0, 0.05) is 26.7 Å². The Morgan fingerprint density at radius 3 is 3.06 bits per heavy atom. The van der Waals surface area contributed by atoms with Crippen molar-refractivity contribution in [1.29, 1.82) is 0 Å². The van der Waals surface area contributed by atoms with Gasteiger partial charge in [-0.25, -0.2) is 9.48 Å². The van der Waals surface area contributed by atoms with E-state index in [2.05, 4.69) is 26.3 Å². The molecule has 98 valence electrons. The predicted molar refractivity (Wildman–Crippen MR) is 68.8 cm³/mol. The van der Waals surface area contributed by atoms with Crippen LogP contribution in [0.25, 0.3) is 0 Å². The highest BCUT2D eigenvalue weighted by atomic mass is 79.9. The van der Waals surface area contributed by atoms with Gasteiger partial charge >= 0.3 is 5.97 Å². The Bertz CT molecular complexity index is 530. The second kappa shape index (κ2) is 5.07. The summed E-state index contributed by atoms with van der Waals surface area (Å²) < 4.78 is 1.54. The van der Waals surface area contributed by atoms with Crippen LogP contribution in [0.1, 0.15) is 0 Å². The van der Waals surface area contributed by atoms with Crippen LogP contribution in [0.5, 0.6) is 0 Å². The van der Waals surface area contributed by atoms with Crippen molar-refractivity contribution in [3.63, 3.8) is 0 Å². The summed E-state index contributed by atoms with van der Waals surface area (Å²) in [7, 11) is 1.54. The molecule has 1 unspecified atom stereocenters. The van der Waals surface area contributed by atoms with Crippen molar-refractivity contribution in [2.45, 2.75) is 6.04 Å². The monoisotopic (exact) mass is 316 g/mol. The minimum absolute atomic E-state index is 0.282. The smallest absolute Gasteiger partial charge is 0.327 e. The van der Waals surface area contributed by atoms with Gasteiger partial charge in [0.15, 0.2) is 0 Å². The second-order valence-corrected chi connectivity index (χ2v) is 4.82. The van der Waals surface area contributed by atoms with E-state index < -0.39 is 12.0 Å². The average Bonchev–Trinajstić information content (AvgIpc) is 2.36. The summed E-state index contributed by atoms with van der Waals surface area (Å²) in [4.78, 5) is 24.7. The minimum Gasteiger partial charge on any atom is -0.480 e. The van der Waals surface area contributed by atoms with Crippen molar-refractivity contribution in [3.8, 4) is 0 Å². The molecule has 1 fully saturated rings. The molecule has 0 bridgehead atoms. The number of hydrogen-bond acceptors (Lipinski definition) is 5. The number of aliphatic carboxylic acids is 1. The number of carbonyl (C=O) groups is 1. The first kappa shape index (κ1) is 13.0. The molecule has 0 saturated carbocycles. The molecule has 1 saturated heterocycles. The van der Waals surface area contributed by atoms with E-state index in [-0.39, 0.29) is 5.56 Å². The summed E-state index contributed by atoms with van der Waals surface area (Å²) in [6.45, 7) is 1.53. The van der Waals surface area contributed by atoms with Crippen LogP contribution in [0.3, 0.4) is 0 Å². The molecule has 7 nitrogen and oxygen atoms in total. The van der Waals surface area contributed by atoms with E-state index in [0.717, 1.165) is 0 Å². The van der Waals surface area contributed by atoms with Crippen molar-refractivity contribution in [1.82, 2.24) is 15.1 Å². The largest absolute Gasteiger partial charge is 0.480 e. The van der Waals surface area contributed by atoms with E-state index in [1.165, 1.54) is 10.9 Å². The molecule has 0 aliphatic carbocycles. The van der Waals surface area contributed by atoms with Gasteiger partial charge in [-0.1, -0.05) is 0 Å². The lowest BCUT2D eigenvalue weighted by Gasteiger charge is -2.35. The molecule has 2 N–H and O–H groups in total. The molecule has 2 rings (SSSR count). The molecule has 0 radical (unpaired) electrons. The van der Waals surface area contributed by atoms with E-state index in [1.807, 2.05) is 0 Å². The van der Waals surface area contributed by atoms with Crippen molar-refractivity contribution in [2.24, 2.45) is 7.05 Å². The Labute approximate surface area is 112 Å². The van der Waals surface area contributed by atoms with Gasteiger partial charge in [-0.15, -0.1) is 0 Å². The molecular formula is C10H13BrN4O3. The maximum atomic E-state index is 11.8. The number of nitrogens with zero attached hydrogens (tertiary/aromatic N) is 3. The lowest BCUT2D eigenvalue weighted by Crippen LogP contribution is -2.55. The number of carboxylic acids is 1. The van der Waals surface area contributed by atoms with Crippen LogP contribution >= 0.6 is 15.9 Å². The third-order valence-electron chi connectivity index (χ3n) is 2.90. The number of aromatic nitrogens is 2. The quantitative estimate of drug-likeness (QED) is 0.758. The minimum atomic E-state index is -0.922. The zero-order valence-electron chi connectivity index (χ0n) is 9.76. The molecule has 1 atom stereocenters. The average molecular weight is 317 g/mol. The Balaban J connectivity index is 2.43. The maximum Gasteiger partial charge on any atom is 0.327 e. The van der Waals surface area contributed by atoms with E-state index in [9.17, 15) is 14.7 Å². The Kier molecular flexibility index (Phi) is 3.67. The van der Waals surface area contributed by atoms with E-state index in [4.69, 9.17) is 0 Å². The molecular weight excluding hydrogens is 304 g/mol. The first-order valence-corrected chi connectivity index (χ1v) is 6.23. The van der Waals surface area contributed by atoms with Gasteiger partial charge in [-0.05, 0) is 15.9 Å². The number of halogens is 1. The van der Waals surface area contributed by atoms with Crippen molar-refractivity contribution in [3.05, 3.63) is 21.0 Å². The van der Waals surface area contributed by atoms with Gasteiger partial charge in [0.2, 0.25) is 0 Å². The van der Waals surface area contributed by atoms with Crippen LogP contribution in [-0.2, 0) is 11.8 Å². The fourth-order valence-corrected chi connectivity index (χ4v) is 2.50. The summed E-state index contributed by atoms with van der Waals surface area (Å²) in [5, 5.41) is 16.1. The molecule has 18 heavy (non-hydrogen) atoms. The molecule has 0 spiro atoms. The molecule has 2 heterocycles. The number of piperazine rings is 1. The molecule has 1 aromatic rings. The fourth-order valence-electron chi connectivity index (χ4n) is 1.92.